The van der Waals surface area contributed by atoms with Crippen molar-refractivity contribution in [3.05, 3.63) is 0 Å². The van der Waals surface area contributed by atoms with Gasteiger partial charge in [-0.15, -0.1) is 0 Å². The van der Waals surface area contributed by atoms with Crippen LogP contribution < -0.4 is 5.73 Å². The lowest BCUT2D eigenvalue weighted by Crippen LogP contribution is -2.31. The van der Waals surface area contributed by atoms with E-state index in [9.17, 15) is 4.79 Å². The first-order chi connectivity index (χ1) is 6.63. The van der Waals surface area contributed by atoms with Crippen LogP contribution in [0.1, 0.15) is 39.5 Å². The summed E-state index contributed by atoms with van der Waals surface area (Å²) in [5, 5.41) is 0. The minimum Gasteiger partial charge on any atom is -0.466 e. The van der Waals surface area contributed by atoms with Gasteiger partial charge in [-0.2, -0.15) is 0 Å². The Morgan fingerprint density at radius 2 is 2.29 bits per heavy atom. The van der Waals surface area contributed by atoms with Crippen LogP contribution in [-0.4, -0.2) is 18.6 Å². The molecule has 0 radical (unpaired) electrons. The minimum absolute atomic E-state index is 0.000926. The molecule has 82 valence electrons. The molecule has 1 aliphatic carbocycles. The lowest BCUT2D eigenvalue weighted by atomic mass is 9.95. The summed E-state index contributed by atoms with van der Waals surface area (Å²) < 4.78 is 4.88. The van der Waals surface area contributed by atoms with E-state index in [0.717, 1.165) is 5.92 Å². The highest BCUT2D eigenvalue weighted by Crippen LogP contribution is 2.32. The zero-order valence-electron chi connectivity index (χ0n) is 9.16. The first-order valence-corrected chi connectivity index (χ1v) is 5.54. The Bertz CT molecular complexity index is 194. The Balaban J connectivity index is 2.27. The number of nitrogens with two attached hydrogens (primary N) is 1. The van der Waals surface area contributed by atoms with E-state index in [-0.39, 0.29) is 12.0 Å². The van der Waals surface area contributed by atoms with Crippen molar-refractivity contribution in [1.29, 1.82) is 0 Å². The monoisotopic (exact) mass is 199 g/mol. The minimum atomic E-state index is -0.153. The van der Waals surface area contributed by atoms with Gasteiger partial charge in [-0.05, 0) is 31.6 Å². The maximum Gasteiger partial charge on any atom is 0.307 e. The van der Waals surface area contributed by atoms with Crippen LogP contribution in [-0.2, 0) is 9.53 Å². The van der Waals surface area contributed by atoms with Gasteiger partial charge < -0.3 is 10.5 Å². The smallest absolute Gasteiger partial charge is 0.307 e. The zero-order chi connectivity index (χ0) is 10.6. The summed E-state index contributed by atoms with van der Waals surface area (Å²) in [5.74, 6) is 1.14. The van der Waals surface area contributed by atoms with Crippen LogP contribution in [0.2, 0.25) is 0 Å². The molecule has 3 unspecified atom stereocenters. The number of hydrogen-bond acceptors (Lipinski definition) is 3. The van der Waals surface area contributed by atoms with Crippen molar-refractivity contribution in [2.24, 2.45) is 17.6 Å². The van der Waals surface area contributed by atoms with Crippen LogP contribution in [0.3, 0.4) is 0 Å². The molecule has 1 saturated carbocycles. The Morgan fingerprint density at radius 3 is 2.79 bits per heavy atom. The molecule has 0 bridgehead atoms. The molecule has 3 nitrogen and oxygen atoms in total. The van der Waals surface area contributed by atoms with Crippen molar-refractivity contribution in [2.45, 2.75) is 45.6 Å². The van der Waals surface area contributed by atoms with E-state index in [2.05, 4.69) is 6.92 Å². The molecule has 0 spiro atoms. The molecule has 0 aliphatic heterocycles. The van der Waals surface area contributed by atoms with Gasteiger partial charge in [0.25, 0.3) is 0 Å². The van der Waals surface area contributed by atoms with Gasteiger partial charge in [0.15, 0.2) is 0 Å². The third-order valence-corrected chi connectivity index (χ3v) is 3.05. The van der Waals surface area contributed by atoms with Crippen LogP contribution in [0.5, 0.6) is 0 Å². The van der Waals surface area contributed by atoms with Gasteiger partial charge in [-0.1, -0.05) is 13.3 Å². The fraction of sp³-hybridized carbons (Fsp3) is 0.909. The number of esters is 1. The summed E-state index contributed by atoms with van der Waals surface area (Å²) in [6, 6.07) is -0.000926. The quantitative estimate of drug-likeness (QED) is 0.701. The standard InChI is InChI=1S/C11H21NO2/c1-3-14-11(13)7-10(12)9-5-4-8(2)6-9/h8-10H,3-7,12H2,1-2H3. The molecular formula is C11H21NO2. The van der Waals surface area contributed by atoms with Crippen LogP contribution >= 0.6 is 0 Å². The molecular weight excluding hydrogens is 178 g/mol. The molecule has 0 heterocycles. The van der Waals surface area contributed by atoms with Crippen LogP contribution in [0.4, 0.5) is 0 Å². The topological polar surface area (TPSA) is 52.3 Å². The van der Waals surface area contributed by atoms with Gasteiger partial charge in [0, 0.05) is 6.04 Å². The summed E-state index contributed by atoms with van der Waals surface area (Å²) in [5.41, 5.74) is 5.97. The summed E-state index contributed by atoms with van der Waals surface area (Å²) in [6.07, 6.45) is 3.97. The Kier molecular flexibility index (Phi) is 4.39. The predicted octanol–water partition coefficient (Wildman–Crippen LogP) is 1.70. The van der Waals surface area contributed by atoms with Gasteiger partial charge in [-0.3, -0.25) is 4.79 Å². The maximum atomic E-state index is 11.2. The second-order valence-electron chi connectivity index (χ2n) is 4.35. The Hall–Kier alpha value is -0.570. The van der Waals surface area contributed by atoms with Crippen molar-refractivity contribution in [1.82, 2.24) is 0 Å². The fourth-order valence-electron chi connectivity index (χ4n) is 2.22. The van der Waals surface area contributed by atoms with Crippen LogP contribution in [0.25, 0.3) is 0 Å². The molecule has 3 atom stereocenters. The average molecular weight is 199 g/mol. The predicted molar refractivity (Wildman–Crippen MR) is 55.7 cm³/mol. The highest BCUT2D eigenvalue weighted by molar-refractivity contribution is 5.70. The number of carbonyl (C=O) groups excluding carboxylic acids is 1. The number of rotatable bonds is 4. The van der Waals surface area contributed by atoms with Gasteiger partial charge >= 0.3 is 5.97 Å². The van der Waals surface area contributed by atoms with Crippen molar-refractivity contribution < 1.29 is 9.53 Å². The molecule has 2 N–H and O–H groups in total. The number of ether oxygens (including phenoxy) is 1. The van der Waals surface area contributed by atoms with Crippen molar-refractivity contribution in [2.75, 3.05) is 6.61 Å². The molecule has 0 aromatic heterocycles. The van der Waals surface area contributed by atoms with Gasteiger partial charge in [-0.25, -0.2) is 0 Å². The Morgan fingerprint density at radius 1 is 1.57 bits per heavy atom. The van der Waals surface area contributed by atoms with Crippen molar-refractivity contribution in [3.8, 4) is 0 Å². The summed E-state index contributed by atoms with van der Waals surface area (Å²) in [4.78, 5) is 11.2. The number of hydrogen-bond donors (Lipinski definition) is 1. The second kappa shape index (κ2) is 5.35. The van der Waals surface area contributed by atoms with E-state index in [4.69, 9.17) is 10.5 Å². The zero-order valence-corrected chi connectivity index (χ0v) is 9.16. The SMILES string of the molecule is CCOC(=O)CC(N)C1CCC(C)C1. The normalized spacial score (nSPS) is 28.8. The first-order valence-electron chi connectivity index (χ1n) is 5.54. The van der Waals surface area contributed by atoms with Gasteiger partial charge in [0.1, 0.15) is 0 Å². The molecule has 1 aliphatic rings. The molecule has 0 amide bonds. The van der Waals surface area contributed by atoms with Crippen molar-refractivity contribution in [3.63, 3.8) is 0 Å². The molecule has 0 saturated heterocycles. The van der Waals surface area contributed by atoms with Crippen LogP contribution in [0, 0.1) is 11.8 Å². The van der Waals surface area contributed by atoms with Gasteiger partial charge in [0.05, 0.1) is 13.0 Å². The third-order valence-electron chi connectivity index (χ3n) is 3.05. The Labute approximate surface area is 86.0 Å². The van der Waals surface area contributed by atoms with E-state index >= 15 is 0 Å². The fourth-order valence-corrected chi connectivity index (χ4v) is 2.22. The molecule has 14 heavy (non-hydrogen) atoms. The average Bonchev–Trinajstić information content (AvgIpc) is 2.52. The lowest BCUT2D eigenvalue weighted by molar-refractivity contribution is -0.143. The van der Waals surface area contributed by atoms with E-state index < -0.39 is 0 Å². The van der Waals surface area contributed by atoms with Crippen LogP contribution in [0.15, 0.2) is 0 Å². The molecule has 0 aromatic rings. The summed E-state index contributed by atoms with van der Waals surface area (Å²) in [7, 11) is 0. The summed E-state index contributed by atoms with van der Waals surface area (Å²) >= 11 is 0. The van der Waals surface area contributed by atoms with E-state index in [1.165, 1.54) is 19.3 Å². The molecule has 1 fully saturated rings. The molecule has 0 aromatic carbocycles. The molecule has 1 rings (SSSR count). The van der Waals surface area contributed by atoms with Crippen molar-refractivity contribution >= 4 is 5.97 Å². The number of carbonyl (C=O) groups is 1. The largest absolute Gasteiger partial charge is 0.466 e. The second-order valence-corrected chi connectivity index (χ2v) is 4.35. The van der Waals surface area contributed by atoms with E-state index in [1.54, 1.807) is 0 Å². The first kappa shape index (κ1) is 11.5. The highest BCUT2D eigenvalue weighted by atomic mass is 16.5. The maximum absolute atomic E-state index is 11.2. The van der Waals surface area contributed by atoms with Gasteiger partial charge in [0.2, 0.25) is 0 Å². The lowest BCUT2D eigenvalue weighted by Gasteiger charge is -2.17. The van der Waals surface area contributed by atoms with E-state index in [0.29, 0.717) is 18.9 Å². The third kappa shape index (κ3) is 3.29. The summed E-state index contributed by atoms with van der Waals surface area (Å²) in [6.45, 7) is 4.52. The highest BCUT2D eigenvalue weighted by Gasteiger charge is 2.27. The van der Waals surface area contributed by atoms with E-state index in [1.807, 2.05) is 6.92 Å². The molecule has 3 heteroatoms.